The SMILES string of the molecule is Cc1cc(C(=O)NC(C)C)ccc1NCc1nc(-c2cccc([N+](=O)[O-])c2)no1. The van der Waals surface area contributed by atoms with E-state index in [4.69, 9.17) is 4.52 Å². The second kappa shape index (κ2) is 8.51. The molecule has 0 radical (unpaired) electrons. The average Bonchev–Trinajstić information content (AvgIpc) is 3.15. The van der Waals surface area contributed by atoms with Gasteiger partial charge < -0.3 is 15.2 Å². The second-order valence-corrected chi connectivity index (χ2v) is 6.83. The molecule has 29 heavy (non-hydrogen) atoms. The number of rotatable bonds is 7. The zero-order chi connectivity index (χ0) is 21.0. The Labute approximate surface area is 167 Å². The normalized spacial score (nSPS) is 10.8. The highest BCUT2D eigenvalue weighted by Gasteiger charge is 2.13. The molecule has 1 amide bonds. The molecule has 0 bridgehead atoms. The molecule has 3 rings (SSSR count). The molecule has 0 saturated heterocycles. The molecule has 1 aromatic heterocycles. The number of aromatic nitrogens is 2. The van der Waals surface area contributed by atoms with Crippen LogP contribution < -0.4 is 10.6 Å². The topological polar surface area (TPSA) is 123 Å². The van der Waals surface area contributed by atoms with Gasteiger partial charge in [-0.25, -0.2) is 0 Å². The zero-order valence-electron chi connectivity index (χ0n) is 16.3. The number of nitrogens with one attached hydrogen (secondary N) is 2. The number of nitro benzene ring substituents is 1. The van der Waals surface area contributed by atoms with Gasteiger partial charge in [0.25, 0.3) is 11.6 Å². The smallest absolute Gasteiger partial charge is 0.270 e. The van der Waals surface area contributed by atoms with Crippen LogP contribution in [-0.2, 0) is 6.54 Å². The Balaban J connectivity index is 1.67. The summed E-state index contributed by atoms with van der Waals surface area (Å²) in [6.45, 7) is 6.00. The maximum Gasteiger partial charge on any atom is 0.270 e. The maximum atomic E-state index is 12.1. The molecule has 2 N–H and O–H groups in total. The summed E-state index contributed by atoms with van der Waals surface area (Å²) in [4.78, 5) is 26.8. The standard InChI is InChI=1S/C20H21N5O4/c1-12(2)22-20(26)15-7-8-17(13(3)9-15)21-11-18-23-19(24-29-18)14-5-4-6-16(10-14)25(27)28/h4-10,12,21H,11H2,1-3H3,(H,22,26). The Morgan fingerprint density at radius 2 is 2.03 bits per heavy atom. The number of hydrogen-bond donors (Lipinski definition) is 2. The summed E-state index contributed by atoms with van der Waals surface area (Å²) in [6.07, 6.45) is 0. The van der Waals surface area contributed by atoms with Crippen molar-refractivity contribution in [2.45, 2.75) is 33.4 Å². The van der Waals surface area contributed by atoms with E-state index in [2.05, 4.69) is 20.8 Å². The molecule has 2 aromatic carbocycles. The van der Waals surface area contributed by atoms with Crippen molar-refractivity contribution in [1.82, 2.24) is 15.5 Å². The predicted octanol–water partition coefficient (Wildman–Crippen LogP) is 3.70. The van der Waals surface area contributed by atoms with E-state index in [1.165, 1.54) is 12.1 Å². The van der Waals surface area contributed by atoms with Gasteiger partial charge in [-0.05, 0) is 44.5 Å². The minimum absolute atomic E-state index is 0.0378. The quantitative estimate of drug-likeness (QED) is 0.462. The molecule has 0 saturated carbocycles. The van der Waals surface area contributed by atoms with Gasteiger partial charge in [0.15, 0.2) is 0 Å². The van der Waals surface area contributed by atoms with E-state index in [9.17, 15) is 14.9 Å². The van der Waals surface area contributed by atoms with Gasteiger partial charge in [0.2, 0.25) is 11.7 Å². The van der Waals surface area contributed by atoms with E-state index in [1.54, 1.807) is 18.2 Å². The van der Waals surface area contributed by atoms with Crippen molar-refractivity contribution in [3.05, 3.63) is 69.6 Å². The van der Waals surface area contributed by atoms with Crippen molar-refractivity contribution in [2.75, 3.05) is 5.32 Å². The van der Waals surface area contributed by atoms with Crippen LogP contribution >= 0.6 is 0 Å². The van der Waals surface area contributed by atoms with E-state index in [-0.39, 0.29) is 30.0 Å². The van der Waals surface area contributed by atoms with E-state index < -0.39 is 4.92 Å². The maximum absolute atomic E-state index is 12.1. The van der Waals surface area contributed by atoms with Crippen LogP contribution in [0.15, 0.2) is 47.0 Å². The van der Waals surface area contributed by atoms with E-state index >= 15 is 0 Å². The van der Waals surface area contributed by atoms with Crippen LogP contribution in [0, 0.1) is 17.0 Å². The van der Waals surface area contributed by atoms with Gasteiger partial charge >= 0.3 is 0 Å². The van der Waals surface area contributed by atoms with Crippen LogP contribution in [0.5, 0.6) is 0 Å². The summed E-state index contributed by atoms with van der Waals surface area (Å²) in [5, 5.41) is 20.8. The molecule has 0 atom stereocenters. The second-order valence-electron chi connectivity index (χ2n) is 6.83. The summed E-state index contributed by atoms with van der Waals surface area (Å²) in [5.74, 6) is 0.503. The van der Waals surface area contributed by atoms with Gasteiger partial charge in [0.05, 0.1) is 11.5 Å². The summed E-state index contributed by atoms with van der Waals surface area (Å²) in [5.41, 5.74) is 2.80. The number of nitro groups is 1. The summed E-state index contributed by atoms with van der Waals surface area (Å²) in [6, 6.07) is 11.5. The first-order valence-electron chi connectivity index (χ1n) is 9.06. The molecule has 0 aliphatic carbocycles. The van der Waals surface area contributed by atoms with E-state index in [0.29, 0.717) is 17.0 Å². The fourth-order valence-corrected chi connectivity index (χ4v) is 2.72. The van der Waals surface area contributed by atoms with Crippen LogP contribution in [0.25, 0.3) is 11.4 Å². The lowest BCUT2D eigenvalue weighted by atomic mass is 10.1. The van der Waals surface area contributed by atoms with Crippen molar-refractivity contribution < 1.29 is 14.2 Å². The van der Waals surface area contributed by atoms with Crippen molar-refractivity contribution in [3.8, 4) is 11.4 Å². The van der Waals surface area contributed by atoms with Crippen molar-refractivity contribution >= 4 is 17.3 Å². The monoisotopic (exact) mass is 395 g/mol. The fourth-order valence-electron chi connectivity index (χ4n) is 2.72. The van der Waals surface area contributed by atoms with Crippen LogP contribution in [0.2, 0.25) is 0 Å². The molecule has 9 nitrogen and oxygen atoms in total. The number of benzene rings is 2. The first-order valence-corrected chi connectivity index (χ1v) is 9.06. The van der Waals surface area contributed by atoms with Crippen LogP contribution in [0.3, 0.4) is 0 Å². The molecule has 1 heterocycles. The van der Waals surface area contributed by atoms with Crippen molar-refractivity contribution in [2.24, 2.45) is 0 Å². The average molecular weight is 395 g/mol. The van der Waals surface area contributed by atoms with E-state index in [1.807, 2.05) is 32.9 Å². The van der Waals surface area contributed by atoms with Gasteiger partial charge in [-0.15, -0.1) is 0 Å². The van der Waals surface area contributed by atoms with Crippen molar-refractivity contribution in [3.63, 3.8) is 0 Å². The van der Waals surface area contributed by atoms with Crippen molar-refractivity contribution in [1.29, 1.82) is 0 Å². The number of carbonyl (C=O) groups excluding carboxylic acids is 1. The fraction of sp³-hybridized carbons (Fsp3) is 0.250. The van der Waals surface area contributed by atoms with Gasteiger partial charge in [-0.1, -0.05) is 17.3 Å². The molecule has 0 spiro atoms. The third-order valence-electron chi connectivity index (χ3n) is 4.12. The largest absolute Gasteiger partial charge is 0.376 e. The number of nitrogens with zero attached hydrogens (tertiary/aromatic N) is 3. The number of non-ortho nitro benzene ring substituents is 1. The first kappa shape index (κ1) is 20.0. The van der Waals surface area contributed by atoms with E-state index in [0.717, 1.165) is 11.3 Å². The molecule has 3 aromatic rings. The van der Waals surface area contributed by atoms with Gasteiger partial charge in [0.1, 0.15) is 0 Å². The molecular weight excluding hydrogens is 374 g/mol. The lowest BCUT2D eigenvalue weighted by molar-refractivity contribution is -0.384. The minimum Gasteiger partial charge on any atom is -0.376 e. The van der Waals surface area contributed by atoms with Crippen LogP contribution in [-0.4, -0.2) is 27.0 Å². The number of hydrogen-bond acceptors (Lipinski definition) is 7. The predicted molar refractivity (Wildman–Crippen MR) is 107 cm³/mol. The Kier molecular flexibility index (Phi) is 5.87. The molecule has 150 valence electrons. The third kappa shape index (κ3) is 4.95. The molecule has 0 unspecified atom stereocenters. The third-order valence-corrected chi connectivity index (χ3v) is 4.12. The Morgan fingerprint density at radius 1 is 1.24 bits per heavy atom. The Bertz CT molecular complexity index is 1040. The number of carbonyl (C=O) groups is 1. The van der Waals surface area contributed by atoms with Crippen LogP contribution in [0.4, 0.5) is 11.4 Å². The Morgan fingerprint density at radius 3 is 2.72 bits per heavy atom. The van der Waals surface area contributed by atoms with Gasteiger partial charge in [-0.3, -0.25) is 14.9 Å². The summed E-state index contributed by atoms with van der Waals surface area (Å²) < 4.78 is 5.23. The summed E-state index contributed by atoms with van der Waals surface area (Å²) >= 11 is 0. The summed E-state index contributed by atoms with van der Waals surface area (Å²) in [7, 11) is 0. The lowest BCUT2D eigenvalue weighted by Gasteiger charge is -2.11. The molecule has 0 aliphatic rings. The molecule has 9 heteroatoms. The number of anilines is 1. The first-order chi connectivity index (χ1) is 13.8. The number of aryl methyl sites for hydroxylation is 1. The molecular formula is C20H21N5O4. The van der Waals surface area contributed by atoms with Gasteiger partial charge in [-0.2, -0.15) is 4.98 Å². The Hall–Kier alpha value is -3.75. The van der Waals surface area contributed by atoms with Crippen LogP contribution in [0.1, 0.15) is 35.7 Å². The molecule has 0 fully saturated rings. The highest BCUT2D eigenvalue weighted by atomic mass is 16.6. The lowest BCUT2D eigenvalue weighted by Crippen LogP contribution is -2.30. The minimum atomic E-state index is -0.472. The number of amides is 1. The highest BCUT2D eigenvalue weighted by Crippen LogP contribution is 2.22. The molecule has 0 aliphatic heterocycles. The van der Waals surface area contributed by atoms with Gasteiger partial charge in [0, 0.05) is 35.0 Å². The highest BCUT2D eigenvalue weighted by molar-refractivity contribution is 5.95. The zero-order valence-corrected chi connectivity index (χ0v) is 16.3.